The number of unbranched alkanes of at least 4 members (excludes halogenated alkanes) is 9. The number of carbonyl (C=O) groups is 2. The Labute approximate surface area is 193 Å². The van der Waals surface area contributed by atoms with Crippen molar-refractivity contribution in [3.8, 4) is 0 Å². The van der Waals surface area contributed by atoms with Crippen LogP contribution in [0, 0.1) is 17.8 Å². The van der Waals surface area contributed by atoms with E-state index in [1.807, 2.05) is 0 Å². The lowest BCUT2D eigenvalue weighted by atomic mass is 9.93. The smallest absolute Gasteiger partial charge is 0.305 e. The molecule has 4 nitrogen and oxygen atoms in total. The fraction of sp³-hybridized carbons (Fsp3) is 0.926. The summed E-state index contributed by atoms with van der Waals surface area (Å²) in [6.45, 7) is 11.6. The van der Waals surface area contributed by atoms with Crippen LogP contribution in [0.25, 0.3) is 0 Å². The van der Waals surface area contributed by atoms with Crippen molar-refractivity contribution in [3.05, 3.63) is 0 Å². The van der Waals surface area contributed by atoms with Crippen LogP contribution in [-0.4, -0.2) is 25.2 Å². The summed E-state index contributed by atoms with van der Waals surface area (Å²) in [4.78, 5) is 23.3. The summed E-state index contributed by atoms with van der Waals surface area (Å²) in [6, 6.07) is 0. The predicted molar refractivity (Wildman–Crippen MR) is 130 cm³/mol. The van der Waals surface area contributed by atoms with E-state index in [0.717, 1.165) is 25.7 Å². The van der Waals surface area contributed by atoms with Gasteiger partial charge >= 0.3 is 11.9 Å². The van der Waals surface area contributed by atoms with Crippen molar-refractivity contribution in [3.63, 3.8) is 0 Å². The van der Waals surface area contributed by atoms with E-state index in [9.17, 15) is 9.59 Å². The van der Waals surface area contributed by atoms with Crippen molar-refractivity contribution in [2.45, 2.75) is 131 Å². The van der Waals surface area contributed by atoms with E-state index in [2.05, 4.69) is 34.6 Å². The zero-order valence-electron chi connectivity index (χ0n) is 21.4. The topological polar surface area (TPSA) is 52.6 Å². The number of rotatable bonds is 21. The standard InChI is InChI=1S/C27H52O4/c1-6-25(19-20-27(29)31-22-24(4)5)17-15-13-11-9-7-8-10-12-14-16-18-26(28)30-21-23(2)3/h23-25H,6-22H2,1-5H3. The van der Waals surface area contributed by atoms with Gasteiger partial charge in [-0.3, -0.25) is 9.59 Å². The Bertz CT molecular complexity index is 431. The van der Waals surface area contributed by atoms with E-state index < -0.39 is 0 Å². The fourth-order valence-corrected chi connectivity index (χ4v) is 3.65. The van der Waals surface area contributed by atoms with Crippen LogP contribution < -0.4 is 0 Å². The van der Waals surface area contributed by atoms with E-state index >= 15 is 0 Å². The van der Waals surface area contributed by atoms with Gasteiger partial charge in [-0.05, 0) is 30.6 Å². The molecule has 0 spiro atoms. The number of carbonyl (C=O) groups excluding carboxylic acids is 2. The Morgan fingerprint density at radius 1 is 0.581 bits per heavy atom. The first-order chi connectivity index (χ1) is 14.8. The maximum atomic E-state index is 11.8. The van der Waals surface area contributed by atoms with Gasteiger partial charge in [-0.1, -0.05) is 105 Å². The molecule has 4 heteroatoms. The van der Waals surface area contributed by atoms with Crippen molar-refractivity contribution in [1.82, 2.24) is 0 Å². The molecule has 0 aliphatic carbocycles. The van der Waals surface area contributed by atoms with Gasteiger partial charge in [0.25, 0.3) is 0 Å². The fourth-order valence-electron chi connectivity index (χ4n) is 3.65. The highest BCUT2D eigenvalue weighted by molar-refractivity contribution is 5.69. The molecule has 0 aromatic heterocycles. The Kier molecular flexibility index (Phi) is 20.1. The minimum atomic E-state index is -0.0370. The molecular weight excluding hydrogens is 388 g/mol. The first-order valence-corrected chi connectivity index (χ1v) is 13.2. The Morgan fingerprint density at radius 2 is 1.00 bits per heavy atom. The molecule has 0 radical (unpaired) electrons. The van der Waals surface area contributed by atoms with Gasteiger partial charge < -0.3 is 9.47 Å². The van der Waals surface area contributed by atoms with Crippen LogP contribution in [0.2, 0.25) is 0 Å². The van der Waals surface area contributed by atoms with Crippen LogP contribution in [0.4, 0.5) is 0 Å². The lowest BCUT2D eigenvalue weighted by Crippen LogP contribution is -2.11. The first kappa shape index (κ1) is 29.9. The molecule has 1 atom stereocenters. The second-order valence-corrected chi connectivity index (χ2v) is 10.0. The summed E-state index contributed by atoms with van der Waals surface area (Å²) >= 11 is 0. The van der Waals surface area contributed by atoms with Crippen LogP contribution >= 0.6 is 0 Å². The lowest BCUT2D eigenvalue weighted by Gasteiger charge is -2.14. The molecule has 0 aliphatic rings. The van der Waals surface area contributed by atoms with Crippen molar-refractivity contribution in [2.24, 2.45) is 17.8 Å². The molecule has 0 rings (SSSR count). The first-order valence-electron chi connectivity index (χ1n) is 13.2. The quantitative estimate of drug-likeness (QED) is 0.135. The molecule has 184 valence electrons. The number of esters is 2. The van der Waals surface area contributed by atoms with E-state index in [-0.39, 0.29) is 11.9 Å². The van der Waals surface area contributed by atoms with Gasteiger partial charge in [0.1, 0.15) is 0 Å². The van der Waals surface area contributed by atoms with Crippen LogP contribution in [0.15, 0.2) is 0 Å². The average molecular weight is 441 g/mol. The van der Waals surface area contributed by atoms with Crippen LogP contribution in [-0.2, 0) is 19.1 Å². The van der Waals surface area contributed by atoms with Gasteiger partial charge in [0.2, 0.25) is 0 Å². The lowest BCUT2D eigenvalue weighted by molar-refractivity contribution is -0.145. The number of hydrogen-bond acceptors (Lipinski definition) is 4. The van der Waals surface area contributed by atoms with Gasteiger partial charge in [-0.2, -0.15) is 0 Å². The summed E-state index contributed by atoms with van der Waals surface area (Å²) in [7, 11) is 0. The predicted octanol–water partition coefficient (Wildman–Crippen LogP) is 7.87. The van der Waals surface area contributed by atoms with Crippen molar-refractivity contribution in [1.29, 1.82) is 0 Å². The highest BCUT2D eigenvalue weighted by atomic mass is 16.5. The molecule has 0 amide bonds. The second-order valence-electron chi connectivity index (χ2n) is 10.0. The molecule has 0 bridgehead atoms. The van der Waals surface area contributed by atoms with Crippen LogP contribution in [0.5, 0.6) is 0 Å². The van der Waals surface area contributed by atoms with E-state index in [1.54, 1.807) is 0 Å². The van der Waals surface area contributed by atoms with E-state index in [0.29, 0.717) is 43.8 Å². The molecule has 1 unspecified atom stereocenters. The molecule has 0 N–H and O–H groups in total. The molecule has 31 heavy (non-hydrogen) atoms. The minimum Gasteiger partial charge on any atom is -0.465 e. The molecule has 0 saturated carbocycles. The summed E-state index contributed by atoms with van der Waals surface area (Å²) in [5.74, 6) is 1.43. The Balaban J connectivity index is 3.44. The third-order valence-electron chi connectivity index (χ3n) is 5.73. The largest absolute Gasteiger partial charge is 0.465 e. The molecule has 0 fully saturated rings. The maximum Gasteiger partial charge on any atom is 0.305 e. The summed E-state index contributed by atoms with van der Waals surface area (Å²) < 4.78 is 10.5. The van der Waals surface area contributed by atoms with Crippen molar-refractivity contribution in [2.75, 3.05) is 13.2 Å². The zero-order valence-corrected chi connectivity index (χ0v) is 21.4. The number of hydrogen-bond donors (Lipinski definition) is 0. The molecule has 0 aromatic carbocycles. The summed E-state index contributed by atoms with van der Waals surface area (Å²) in [6.07, 6.45) is 17.0. The summed E-state index contributed by atoms with van der Waals surface area (Å²) in [5.41, 5.74) is 0. The normalized spacial score (nSPS) is 12.4. The minimum absolute atomic E-state index is 0.0294. The molecular formula is C27H52O4. The second kappa shape index (κ2) is 20.8. The SMILES string of the molecule is CCC(CCCCCCCCCCCCC(=O)OCC(C)C)CCC(=O)OCC(C)C. The monoisotopic (exact) mass is 440 g/mol. The van der Waals surface area contributed by atoms with Gasteiger partial charge in [0, 0.05) is 12.8 Å². The van der Waals surface area contributed by atoms with Gasteiger partial charge in [-0.25, -0.2) is 0 Å². The average Bonchev–Trinajstić information content (AvgIpc) is 2.73. The number of ether oxygens (including phenoxy) is 2. The highest BCUT2D eigenvalue weighted by Gasteiger charge is 2.11. The molecule has 0 aromatic rings. The third-order valence-corrected chi connectivity index (χ3v) is 5.73. The van der Waals surface area contributed by atoms with Crippen LogP contribution in [0.3, 0.4) is 0 Å². The highest BCUT2D eigenvalue weighted by Crippen LogP contribution is 2.20. The summed E-state index contributed by atoms with van der Waals surface area (Å²) in [5, 5.41) is 0. The molecule has 0 heterocycles. The third kappa shape index (κ3) is 21.9. The maximum absolute atomic E-state index is 11.8. The van der Waals surface area contributed by atoms with Gasteiger partial charge in [0.15, 0.2) is 0 Å². The van der Waals surface area contributed by atoms with Crippen molar-refractivity contribution >= 4 is 11.9 Å². The van der Waals surface area contributed by atoms with Gasteiger partial charge in [0.05, 0.1) is 13.2 Å². The molecule has 0 aliphatic heterocycles. The van der Waals surface area contributed by atoms with E-state index in [4.69, 9.17) is 9.47 Å². The van der Waals surface area contributed by atoms with E-state index in [1.165, 1.54) is 57.8 Å². The van der Waals surface area contributed by atoms with Gasteiger partial charge in [-0.15, -0.1) is 0 Å². The Hall–Kier alpha value is -1.06. The zero-order chi connectivity index (χ0) is 23.3. The van der Waals surface area contributed by atoms with Crippen molar-refractivity contribution < 1.29 is 19.1 Å². The Morgan fingerprint density at radius 3 is 1.45 bits per heavy atom. The van der Waals surface area contributed by atoms with Crippen LogP contribution in [0.1, 0.15) is 131 Å². The molecule has 0 saturated heterocycles.